The average molecular weight is 537 g/mol. The Labute approximate surface area is 223 Å². The van der Waals surface area contributed by atoms with Crippen molar-refractivity contribution in [2.75, 3.05) is 10.6 Å². The third-order valence-corrected chi connectivity index (χ3v) is 7.51. The molecule has 0 aliphatic heterocycles. The highest BCUT2D eigenvalue weighted by atomic mass is 32.1. The van der Waals surface area contributed by atoms with Gasteiger partial charge in [0.1, 0.15) is 10.0 Å². The van der Waals surface area contributed by atoms with Crippen molar-refractivity contribution in [2.24, 2.45) is 0 Å². The van der Waals surface area contributed by atoms with Crippen molar-refractivity contribution in [1.82, 2.24) is 20.4 Å². The van der Waals surface area contributed by atoms with Crippen molar-refractivity contribution < 1.29 is 14.7 Å². The molecule has 3 N–H and O–H groups in total. The van der Waals surface area contributed by atoms with Gasteiger partial charge in [0, 0.05) is 12.8 Å². The van der Waals surface area contributed by atoms with E-state index in [2.05, 4.69) is 31.0 Å². The van der Waals surface area contributed by atoms with Crippen molar-refractivity contribution in [3.8, 4) is 0 Å². The van der Waals surface area contributed by atoms with Gasteiger partial charge in [0.25, 0.3) is 5.91 Å². The van der Waals surface area contributed by atoms with Gasteiger partial charge in [-0.15, -0.1) is 20.4 Å². The molecule has 0 spiro atoms. The third-order valence-electron chi connectivity index (χ3n) is 5.72. The number of hydrogen-bond acceptors (Lipinski definition) is 9. The van der Waals surface area contributed by atoms with Gasteiger partial charge in [-0.05, 0) is 30.4 Å². The van der Waals surface area contributed by atoms with Gasteiger partial charge >= 0.3 is 0 Å². The Balaban J connectivity index is 1.19. The maximum atomic E-state index is 12.7. The van der Waals surface area contributed by atoms with Crippen LogP contribution in [0.3, 0.4) is 0 Å². The number of aliphatic hydroxyl groups is 1. The number of benzene rings is 2. The third kappa shape index (κ3) is 7.48. The van der Waals surface area contributed by atoms with Crippen LogP contribution < -0.4 is 10.6 Å². The number of amides is 2. The number of carbonyl (C=O) groups excluding carboxylic acids is 2. The fraction of sp³-hybridized carbons (Fsp3) is 0.308. The van der Waals surface area contributed by atoms with Crippen LogP contribution in [0.2, 0.25) is 0 Å². The molecule has 4 rings (SSSR count). The summed E-state index contributed by atoms with van der Waals surface area (Å²) in [7, 11) is 0. The summed E-state index contributed by atoms with van der Waals surface area (Å²) >= 11 is 2.69. The predicted octanol–water partition coefficient (Wildman–Crippen LogP) is 4.76. The highest BCUT2D eigenvalue weighted by Crippen LogP contribution is 2.24. The Bertz CT molecular complexity index is 1300. The van der Waals surface area contributed by atoms with Crippen LogP contribution in [-0.4, -0.2) is 37.3 Å². The zero-order chi connectivity index (χ0) is 26.0. The van der Waals surface area contributed by atoms with E-state index in [0.29, 0.717) is 28.7 Å². The van der Waals surface area contributed by atoms with Crippen LogP contribution >= 0.6 is 22.7 Å². The van der Waals surface area contributed by atoms with Crippen molar-refractivity contribution >= 4 is 44.8 Å². The second-order valence-electron chi connectivity index (χ2n) is 8.37. The molecule has 4 aromatic rings. The first-order chi connectivity index (χ1) is 18.0. The van der Waals surface area contributed by atoms with E-state index in [1.54, 1.807) is 24.3 Å². The summed E-state index contributed by atoms with van der Waals surface area (Å²) in [6.45, 7) is 1.99. The maximum absolute atomic E-state index is 12.7. The van der Waals surface area contributed by atoms with E-state index in [9.17, 15) is 14.7 Å². The fourth-order valence-electron chi connectivity index (χ4n) is 3.77. The molecule has 9 nitrogen and oxygen atoms in total. The molecule has 2 atom stereocenters. The molecule has 192 valence electrons. The molecule has 2 aromatic heterocycles. The van der Waals surface area contributed by atoms with E-state index in [1.807, 2.05) is 43.3 Å². The minimum atomic E-state index is -1.26. The molecular weight excluding hydrogens is 508 g/mol. The fourth-order valence-corrected chi connectivity index (χ4v) is 5.34. The topological polar surface area (TPSA) is 130 Å². The standard InChI is InChI=1S/C26H28N6O3S2/c1-2-19(17-11-5-3-6-12-17)23(34)27-25-31-29-20(36-25)15-9-10-16-21-30-32-26(37-21)28-24(35)22(33)18-13-7-4-8-14-18/h3-8,11-14,19,22,33H,2,9-10,15-16H2,1H3,(H,27,31,34)(H,28,32,35)/t19-,22+/m0/s1. The second-order valence-corrected chi connectivity index (χ2v) is 10.5. The predicted molar refractivity (Wildman–Crippen MR) is 145 cm³/mol. The highest BCUT2D eigenvalue weighted by molar-refractivity contribution is 7.15. The molecule has 0 aliphatic rings. The summed E-state index contributed by atoms with van der Waals surface area (Å²) in [5, 5.41) is 34.7. The van der Waals surface area contributed by atoms with Crippen LogP contribution in [0.5, 0.6) is 0 Å². The summed E-state index contributed by atoms with van der Waals surface area (Å²) in [5.41, 5.74) is 1.50. The number of nitrogens with one attached hydrogen (secondary N) is 2. The van der Waals surface area contributed by atoms with E-state index in [0.717, 1.165) is 34.8 Å². The molecule has 2 amide bonds. The first kappa shape index (κ1) is 26.5. The van der Waals surface area contributed by atoms with Crippen molar-refractivity contribution in [3.63, 3.8) is 0 Å². The number of aliphatic hydroxyl groups excluding tert-OH is 1. The van der Waals surface area contributed by atoms with Crippen molar-refractivity contribution in [3.05, 3.63) is 81.8 Å². The van der Waals surface area contributed by atoms with Gasteiger partial charge in [-0.3, -0.25) is 20.2 Å². The Morgan fingerprint density at radius 1 is 0.757 bits per heavy atom. The first-order valence-electron chi connectivity index (χ1n) is 12.1. The Morgan fingerprint density at radius 2 is 1.24 bits per heavy atom. The van der Waals surface area contributed by atoms with E-state index in [-0.39, 0.29) is 11.8 Å². The monoisotopic (exact) mass is 536 g/mol. The van der Waals surface area contributed by atoms with Crippen LogP contribution in [0.25, 0.3) is 0 Å². The minimum Gasteiger partial charge on any atom is -0.378 e. The van der Waals surface area contributed by atoms with Crippen LogP contribution in [-0.2, 0) is 22.4 Å². The number of carbonyl (C=O) groups is 2. The molecule has 0 bridgehead atoms. The number of nitrogens with zero attached hydrogens (tertiary/aromatic N) is 4. The van der Waals surface area contributed by atoms with Gasteiger partial charge in [-0.25, -0.2) is 0 Å². The lowest BCUT2D eigenvalue weighted by Gasteiger charge is -2.13. The lowest BCUT2D eigenvalue weighted by molar-refractivity contribution is -0.124. The van der Waals surface area contributed by atoms with Crippen molar-refractivity contribution in [1.29, 1.82) is 0 Å². The quantitative estimate of drug-likeness (QED) is 0.223. The number of anilines is 2. The lowest BCUT2D eigenvalue weighted by Crippen LogP contribution is -2.20. The molecule has 0 aliphatic carbocycles. The Hall–Kier alpha value is -3.54. The van der Waals surface area contributed by atoms with Crippen LogP contribution in [0, 0.1) is 0 Å². The average Bonchev–Trinajstić information content (AvgIpc) is 3.57. The number of aromatic nitrogens is 4. The van der Waals surface area contributed by atoms with Crippen LogP contribution in [0.15, 0.2) is 60.7 Å². The smallest absolute Gasteiger partial charge is 0.259 e. The first-order valence-corrected chi connectivity index (χ1v) is 13.7. The molecule has 2 aromatic carbocycles. The molecule has 2 heterocycles. The van der Waals surface area contributed by atoms with Gasteiger partial charge in [0.15, 0.2) is 6.10 Å². The van der Waals surface area contributed by atoms with Gasteiger partial charge in [-0.1, -0.05) is 90.3 Å². The zero-order valence-electron chi connectivity index (χ0n) is 20.3. The van der Waals surface area contributed by atoms with E-state index < -0.39 is 12.0 Å². The molecule has 37 heavy (non-hydrogen) atoms. The molecule has 0 saturated carbocycles. The summed E-state index contributed by atoms with van der Waals surface area (Å²) < 4.78 is 0. The van der Waals surface area contributed by atoms with E-state index >= 15 is 0 Å². The summed E-state index contributed by atoms with van der Waals surface area (Å²) in [6.07, 6.45) is 2.63. The number of hydrogen-bond donors (Lipinski definition) is 3. The molecule has 0 radical (unpaired) electrons. The summed E-state index contributed by atoms with van der Waals surface area (Å²) in [4.78, 5) is 25.0. The largest absolute Gasteiger partial charge is 0.378 e. The van der Waals surface area contributed by atoms with Gasteiger partial charge in [-0.2, -0.15) is 0 Å². The zero-order valence-corrected chi connectivity index (χ0v) is 22.0. The minimum absolute atomic E-state index is 0.0770. The lowest BCUT2D eigenvalue weighted by atomic mass is 9.96. The molecule has 11 heteroatoms. The summed E-state index contributed by atoms with van der Waals surface area (Å²) in [5.74, 6) is -0.842. The van der Waals surface area contributed by atoms with E-state index in [4.69, 9.17) is 0 Å². The van der Waals surface area contributed by atoms with Gasteiger partial charge in [0.05, 0.1) is 5.92 Å². The molecular formula is C26H28N6O3S2. The second kappa shape index (κ2) is 13.1. The highest BCUT2D eigenvalue weighted by Gasteiger charge is 2.20. The molecule has 0 unspecified atom stereocenters. The van der Waals surface area contributed by atoms with E-state index in [1.165, 1.54) is 22.7 Å². The Morgan fingerprint density at radius 3 is 1.76 bits per heavy atom. The SMILES string of the molecule is CC[C@H](C(=O)Nc1nnc(CCCCc2nnc(NC(=O)[C@H](O)c3ccccc3)s2)s1)c1ccccc1. The molecule has 0 fully saturated rings. The Kier molecular flexibility index (Phi) is 9.41. The molecule has 0 saturated heterocycles. The number of unbranched alkanes of at least 4 members (excludes halogenated alkanes) is 1. The maximum Gasteiger partial charge on any atom is 0.259 e. The van der Waals surface area contributed by atoms with Crippen LogP contribution in [0.4, 0.5) is 10.3 Å². The normalized spacial score (nSPS) is 12.6. The van der Waals surface area contributed by atoms with Gasteiger partial charge in [0.2, 0.25) is 16.2 Å². The van der Waals surface area contributed by atoms with Crippen molar-refractivity contribution in [2.45, 2.75) is 51.0 Å². The summed E-state index contributed by atoms with van der Waals surface area (Å²) in [6, 6.07) is 18.5. The number of rotatable bonds is 12. The van der Waals surface area contributed by atoms with Gasteiger partial charge < -0.3 is 5.11 Å². The number of aryl methyl sites for hydroxylation is 2. The van der Waals surface area contributed by atoms with Crippen LogP contribution in [0.1, 0.15) is 59.4 Å².